The molecule has 0 radical (unpaired) electrons. The van der Waals surface area contributed by atoms with Crippen LogP contribution < -0.4 is 11.1 Å². The number of nitrogens with two attached hydrogens (primary N) is 1. The molecular weight excluding hydrogens is 268 g/mol. The van der Waals surface area contributed by atoms with Gasteiger partial charge in [0.2, 0.25) is 5.91 Å². The Bertz CT molecular complexity index is 402. The summed E-state index contributed by atoms with van der Waals surface area (Å²) in [5.41, 5.74) is 7.54. The third-order valence-electron chi connectivity index (χ3n) is 2.03. The van der Waals surface area contributed by atoms with Gasteiger partial charge >= 0.3 is 0 Å². The molecule has 0 heterocycles. The summed E-state index contributed by atoms with van der Waals surface area (Å²) in [5.74, 6) is -0.00429. The Morgan fingerprint density at radius 2 is 2.31 bits per heavy atom. The maximum Gasteiger partial charge on any atom is 0.216 e. The number of halogens is 1. The molecule has 0 aromatic heterocycles. The Kier molecular flexibility index (Phi) is 5.05. The highest BCUT2D eigenvalue weighted by atomic mass is 79.9. The summed E-state index contributed by atoms with van der Waals surface area (Å²) in [7, 11) is 0. The molecule has 4 heteroatoms. The van der Waals surface area contributed by atoms with E-state index in [0.717, 1.165) is 22.1 Å². The van der Waals surface area contributed by atoms with E-state index in [4.69, 9.17) is 5.73 Å². The molecule has 0 aliphatic rings. The average Bonchev–Trinajstić information content (AvgIpc) is 2.22. The van der Waals surface area contributed by atoms with Gasteiger partial charge in [-0.05, 0) is 30.2 Å². The van der Waals surface area contributed by atoms with Crippen LogP contribution in [0.1, 0.15) is 18.9 Å². The minimum absolute atomic E-state index is 0.00429. The standard InChI is InChI=1S/C12H15BrN2O/c1-9(16)15-7-3-2-4-10-8-11(13)5-6-12(10)14/h2,4-6,8H,3,7,14H2,1H3,(H,15,16). The third kappa shape index (κ3) is 4.49. The largest absolute Gasteiger partial charge is 0.398 e. The Morgan fingerprint density at radius 3 is 3.00 bits per heavy atom. The summed E-state index contributed by atoms with van der Waals surface area (Å²) in [4.78, 5) is 10.6. The number of nitrogens with one attached hydrogen (secondary N) is 1. The fourth-order valence-electron chi connectivity index (χ4n) is 1.23. The zero-order chi connectivity index (χ0) is 12.0. The summed E-state index contributed by atoms with van der Waals surface area (Å²) >= 11 is 3.39. The molecule has 0 atom stereocenters. The van der Waals surface area contributed by atoms with Gasteiger partial charge in [-0.2, -0.15) is 0 Å². The van der Waals surface area contributed by atoms with Crippen LogP contribution in [0, 0.1) is 0 Å². The molecule has 16 heavy (non-hydrogen) atoms. The van der Waals surface area contributed by atoms with Crippen LogP contribution in [0.25, 0.3) is 6.08 Å². The van der Waals surface area contributed by atoms with Crippen LogP contribution in [0.15, 0.2) is 28.7 Å². The van der Waals surface area contributed by atoms with Crippen LogP contribution in [-0.4, -0.2) is 12.5 Å². The zero-order valence-corrected chi connectivity index (χ0v) is 10.8. The molecule has 0 saturated heterocycles. The average molecular weight is 283 g/mol. The molecule has 0 spiro atoms. The number of hydrogen-bond donors (Lipinski definition) is 2. The first kappa shape index (κ1) is 12.8. The van der Waals surface area contributed by atoms with Crippen LogP contribution in [0.3, 0.4) is 0 Å². The molecule has 1 rings (SSSR count). The van der Waals surface area contributed by atoms with E-state index in [-0.39, 0.29) is 5.91 Å². The molecule has 0 aliphatic carbocycles. The van der Waals surface area contributed by atoms with E-state index < -0.39 is 0 Å². The molecule has 1 aromatic carbocycles. The first-order chi connectivity index (χ1) is 7.59. The van der Waals surface area contributed by atoms with Crippen molar-refractivity contribution in [3.05, 3.63) is 34.3 Å². The number of carbonyl (C=O) groups is 1. The zero-order valence-electron chi connectivity index (χ0n) is 9.16. The van der Waals surface area contributed by atoms with Gasteiger partial charge in [-0.1, -0.05) is 28.1 Å². The molecular formula is C12H15BrN2O. The second kappa shape index (κ2) is 6.33. The van der Waals surface area contributed by atoms with Crippen LogP contribution in [-0.2, 0) is 4.79 Å². The van der Waals surface area contributed by atoms with Crippen LogP contribution in [0.5, 0.6) is 0 Å². The van der Waals surface area contributed by atoms with E-state index in [1.165, 1.54) is 6.92 Å². The fraction of sp³-hybridized carbons (Fsp3) is 0.250. The SMILES string of the molecule is CC(=O)NCCC=Cc1cc(Br)ccc1N. The number of carbonyl (C=O) groups excluding carboxylic acids is 1. The Hall–Kier alpha value is -1.29. The van der Waals surface area contributed by atoms with Gasteiger partial charge in [0, 0.05) is 23.6 Å². The van der Waals surface area contributed by atoms with E-state index in [1.807, 2.05) is 30.4 Å². The third-order valence-corrected chi connectivity index (χ3v) is 2.52. The second-order valence-corrected chi connectivity index (χ2v) is 4.36. The lowest BCUT2D eigenvalue weighted by Crippen LogP contribution is -2.20. The summed E-state index contributed by atoms with van der Waals surface area (Å²) in [6.07, 6.45) is 4.75. The number of hydrogen-bond acceptors (Lipinski definition) is 2. The van der Waals surface area contributed by atoms with E-state index in [2.05, 4.69) is 21.2 Å². The van der Waals surface area contributed by atoms with Crippen molar-refractivity contribution < 1.29 is 4.79 Å². The van der Waals surface area contributed by atoms with Crippen molar-refractivity contribution in [2.75, 3.05) is 12.3 Å². The van der Waals surface area contributed by atoms with Gasteiger partial charge in [-0.3, -0.25) is 4.79 Å². The van der Waals surface area contributed by atoms with E-state index in [1.54, 1.807) is 0 Å². The van der Waals surface area contributed by atoms with Crippen molar-refractivity contribution in [1.82, 2.24) is 5.32 Å². The maximum atomic E-state index is 10.6. The van der Waals surface area contributed by atoms with Gasteiger partial charge in [0.1, 0.15) is 0 Å². The van der Waals surface area contributed by atoms with Gasteiger partial charge < -0.3 is 11.1 Å². The lowest BCUT2D eigenvalue weighted by atomic mass is 10.1. The quantitative estimate of drug-likeness (QED) is 0.659. The van der Waals surface area contributed by atoms with E-state index in [0.29, 0.717) is 6.54 Å². The molecule has 0 aliphatic heterocycles. The Morgan fingerprint density at radius 1 is 1.56 bits per heavy atom. The maximum absolute atomic E-state index is 10.6. The van der Waals surface area contributed by atoms with E-state index in [9.17, 15) is 4.79 Å². The lowest BCUT2D eigenvalue weighted by Gasteiger charge is -2.01. The number of amides is 1. The molecule has 0 fully saturated rings. The Labute approximate surface area is 104 Å². The predicted molar refractivity (Wildman–Crippen MR) is 70.9 cm³/mol. The summed E-state index contributed by atoms with van der Waals surface area (Å²) in [6.45, 7) is 2.16. The number of anilines is 1. The molecule has 86 valence electrons. The first-order valence-corrected chi connectivity index (χ1v) is 5.85. The van der Waals surface area contributed by atoms with Crippen LogP contribution >= 0.6 is 15.9 Å². The van der Waals surface area contributed by atoms with Crippen molar-refractivity contribution in [2.45, 2.75) is 13.3 Å². The number of rotatable bonds is 4. The Balaban J connectivity index is 2.49. The second-order valence-electron chi connectivity index (χ2n) is 3.45. The minimum atomic E-state index is -0.00429. The number of nitrogen functional groups attached to an aromatic ring is 1. The highest BCUT2D eigenvalue weighted by Gasteiger charge is 1.95. The van der Waals surface area contributed by atoms with Crippen molar-refractivity contribution in [3.63, 3.8) is 0 Å². The molecule has 0 unspecified atom stereocenters. The minimum Gasteiger partial charge on any atom is -0.398 e. The summed E-state index contributed by atoms with van der Waals surface area (Å²) in [6, 6.07) is 5.73. The summed E-state index contributed by atoms with van der Waals surface area (Å²) < 4.78 is 1.00. The number of benzene rings is 1. The van der Waals surface area contributed by atoms with Crippen LogP contribution in [0.2, 0.25) is 0 Å². The van der Waals surface area contributed by atoms with Crippen molar-refractivity contribution in [3.8, 4) is 0 Å². The van der Waals surface area contributed by atoms with Gasteiger partial charge in [-0.25, -0.2) is 0 Å². The molecule has 3 nitrogen and oxygen atoms in total. The summed E-state index contributed by atoms with van der Waals surface area (Å²) in [5, 5.41) is 2.73. The van der Waals surface area contributed by atoms with Crippen molar-refractivity contribution >= 4 is 33.6 Å². The monoisotopic (exact) mass is 282 g/mol. The van der Waals surface area contributed by atoms with Gasteiger partial charge in [0.05, 0.1) is 0 Å². The van der Waals surface area contributed by atoms with E-state index >= 15 is 0 Å². The highest BCUT2D eigenvalue weighted by molar-refractivity contribution is 9.10. The predicted octanol–water partition coefficient (Wildman–Crippen LogP) is 2.57. The van der Waals surface area contributed by atoms with Gasteiger partial charge in [0.25, 0.3) is 0 Å². The lowest BCUT2D eigenvalue weighted by molar-refractivity contribution is -0.118. The topological polar surface area (TPSA) is 55.1 Å². The molecule has 1 amide bonds. The van der Waals surface area contributed by atoms with Crippen molar-refractivity contribution in [2.24, 2.45) is 0 Å². The first-order valence-electron chi connectivity index (χ1n) is 5.05. The van der Waals surface area contributed by atoms with Gasteiger partial charge in [0.15, 0.2) is 0 Å². The van der Waals surface area contributed by atoms with Crippen molar-refractivity contribution in [1.29, 1.82) is 0 Å². The molecule has 3 N–H and O–H groups in total. The molecule has 0 bridgehead atoms. The smallest absolute Gasteiger partial charge is 0.216 e. The highest BCUT2D eigenvalue weighted by Crippen LogP contribution is 2.19. The normalized spacial score (nSPS) is 10.6. The van der Waals surface area contributed by atoms with Gasteiger partial charge in [-0.15, -0.1) is 0 Å². The molecule has 1 aromatic rings. The van der Waals surface area contributed by atoms with Crippen LogP contribution in [0.4, 0.5) is 5.69 Å². The fourth-order valence-corrected chi connectivity index (χ4v) is 1.61. The molecule has 0 saturated carbocycles.